The second-order valence-electron chi connectivity index (χ2n) is 2.47. The molecule has 0 aromatic carbocycles. The van der Waals surface area contributed by atoms with Crippen molar-refractivity contribution in [1.29, 1.82) is 0 Å². The van der Waals surface area contributed by atoms with Gasteiger partial charge in [-0.15, -0.1) is 4.89 Å². The van der Waals surface area contributed by atoms with Crippen molar-refractivity contribution < 1.29 is 32.7 Å². The van der Waals surface area contributed by atoms with E-state index in [0.717, 1.165) is 14.2 Å². The first-order chi connectivity index (χ1) is 6.85. The number of nitrogens with two attached hydrogens (primary N) is 1. The van der Waals surface area contributed by atoms with Gasteiger partial charge in [-0.2, -0.15) is 0 Å². The Morgan fingerprint density at radius 3 is 2.20 bits per heavy atom. The SMILES string of the molecule is COP(=O)(OC)C(O)(CCN)O[P+](=O)O. The first-order valence-electron chi connectivity index (χ1n) is 3.84. The maximum Gasteiger partial charge on any atom is 0.698 e. The number of hydrogen-bond donors (Lipinski definition) is 3. The quantitative estimate of drug-likeness (QED) is 0.436. The molecule has 0 heterocycles. The lowest BCUT2D eigenvalue weighted by atomic mass is 10.4. The molecule has 0 aliphatic rings. The fourth-order valence-corrected chi connectivity index (χ4v) is 2.98. The lowest BCUT2D eigenvalue weighted by Gasteiger charge is -2.26. The number of rotatable bonds is 7. The van der Waals surface area contributed by atoms with E-state index in [-0.39, 0.29) is 13.0 Å². The van der Waals surface area contributed by atoms with Gasteiger partial charge in [0.25, 0.3) is 0 Å². The van der Waals surface area contributed by atoms with Crippen LogP contribution in [0.4, 0.5) is 0 Å². The second kappa shape index (κ2) is 5.98. The van der Waals surface area contributed by atoms with Crippen molar-refractivity contribution in [3.8, 4) is 0 Å². The van der Waals surface area contributed by atoms with Gasteiger partial charge in [-0.3, -0.25) is 4.57 Å². The summed E-state index contributed by atoms with van der Waals surface area (Å²) in [5, 5.41) is 9.74. The van der Waals surface area contributed by atoms with Gasteiger partial charge in [0.1, 0.15) is 0 Å². The van der Waals surface area contributed by atoms with E-state index in [1.165, 1.54) is 0 Å². The molecule has 4 N–H and O–H groups in total. The van der Waals surface area contributed by atoms with E-state index < -0.39 is 21.4 Å². The van der Waals surface area contributed by atoms with Crippen LogP contribution in [0.25, 0.3) is 0 Å². The van der Waals surface area contributed by atoms with Gasteiger partial charge in [0, 0.05) is 25.2 Å². The summed E-state index contributed by atoms with van der Waals surface area (Å²) >= 11 is 0. The predicted octanol–water partition coefficient (Wildman–Crippen LogP) is 0.133. The van der Waals surface area contributed by atoms with Gasteiger partial charge in [0.2, 0.25) is 0 Å². The van der Waals surface area contributed by atoms with Crippen LogP contribution in [0.5, 0.6) is 0 Å². The molecule has 0 radical (unpaired) electrons. The van der Waals surface area contributed by atoms with E-state index in [2.05, 4.69) is 13.6 Å². The van der Waals surface area contributed by atoms with E-state index in [4.69, 9.17) is 10.6 Å². The van der Waals surface area contributed by atoms with E-state index >= 15 is 0 Å². The van der Waals surface area contributed by atoms with Gasteiger partial charge < -0.3 is 19.9 Å². The topological polar surface area (TPSA) is 128 Å². The summed E-state index contributed by atoms with van der Waals surface area (Å²) in [5.41, 5.74) is 2.63. The molecular formula is C5H14NO7P2+. The van der Waals surface area contributed by atoms with Gasteiger partial charge >= 0.3 is 21.4 Å². The van der Waals surface area contributed by atoms with Crippen LogP contribution >= 0.6 is 15.9 Å². The Morgan fingerprint density at radius 2 is 1.93 bits per heavy atom. The average Bonchev–Trinajstić information content (AvgIpc) is 2.15. The molecule has 0 spiro atoms. The summed E-state index contributed by atoms with van der Waals surface area (Å²) in [7, 11) is -5.20. The third kappa shape index (κ3) is 3.55. The minimum absolute atomic E-state index is 0.129. The molecule has 0 rings (SSSR count). The van der Waals surface area contributed by atoms with Gasteiger partial charge in [0.15, 0.2) is 0 Å². The van der Waals surface area contributed by atoms with Crippen LogP contribution in [0, 0.1) is 0 Å². The van der Waals surface area contributed by atoms with Crippen LogP contribution in [-0.2, 0) is 22.7 Å². The summed E-state index contributed by atoms with van der Waals surface area (Å²) in [6.07, 6.45) is -0.367. The van der Waals surface area contributed by atoms with Crippen molar-refractivity contribution in [1.82, 2.24) is 0 Å². The minimum Gasteiger partial charge on any atom is -0.353 e. The Bertz CT molecular complexity index is 264. The van der Waals surface area contributed by atoms with Crippen molar-refractivity contribution in [3.05, 3.63) is 0 Å². The van der Waals surface area contributed by atoms with Crippen molar-refractivity contribution in [2.45, 2.75) is 11.9 Å². The first kappa shape index (κ1) is 15.1. The first-order valence-corrected chi connectivity index (χ1v) is 6.52. The molecule has 2 atom stereocenters. The average molecular weight is 262 g/mol. The molecule has 0 bridgehead atoms. The lowest BCUT2D eigenvalue weighted by molar-refractivity contribution is -0.0891. The summed E-state index contributed by atoms with van der Waals surface area (Å²) in [6, 6.07) is 0. The van der Waals surface area contributed by atoms with Crippen LogP contribution in [0.2, 0.25) is 0 Å². The number of hydrogen-bond acceptors (Lipinski definition) is 7. The molecule has 90 valence electrons. The highest BCUT2D eigenvalue weighted by molar-refractivity contribution is 7.55. The Balaban J connectivity index is 5.06. The van der Waals surface area contributed by atoms with Crippen molar-refractivity contribution in [2.75, 3.05) is 20.8 Å². The van der Waals surface area contributed by atoms with Crippen LogP contribution in [-0.4, -0.2) is 36.3 Å². The molecule has 0 amide bonds. The fraction of sp³-hybridized carbons (Fsp3) is 1.00. The molecule has 0 aliphatic carbocycles. The Morgan fingerprint density at radius 1 is 1.47 bits per heavy atom. The maximum atomic E-state index is 11.8. The van der Waals surface area contributed by atoms with Crippen molar-refractivity contribution in [3.63, 3.8) is 0 Å². The van der Waals surface area contributed by atoms with Crippen molar-refractivity contribution >= 4 is 15.9 Å². The molecule has 15 heavy (non-hydrogen) atoms. The molecular weight excluding hydrogens is 248 g/mol. The van der Waals surface area contributed by atoms with Gasteiger partial charge in [-0.25, -0.2) is 0 Å². The zero-order valence-electron chi connectivity index (χ0n) is 8.32. The van der Waals surface area contributed by atoms with Crippen molar-refractivity contribution in [2.24, 2.45) is 5.73 Å². The van der Waals surface area contributed by atoms with Crippen LogP contribution in [0.15, 0.2) is 0 Å². The summed E-state index contributed by atoms with van der Waals surface area (Å²) < 4.78 is 35.4. The highest BCUT2D eigenvalue weighted by Gasteiger charge is 2.56. The number of aliphatic hydroxyl groups is 1. The zero-order valence-corrected chi connectivity index (χ0v) is 10.1. The van der Waals surface area contributed by atoms with Gasteiger partial charge in [-0.1, -0.05) is 4.52 Å². The Kier molecular flexibility index (Phi) is 6.02. The van der Waals surface area contributed by atoms with E-state index in [1.807, 2.05) is 0 Å². The highest BCUT2D eigenvalue weighted by atomic mass is 31.2. The standard InChI is InChI=1S/C5H13NO7P2/c1-11-15(10,12-2)5(7,3-4-6)13-14(8)9/h7H,3-4,6H2,1-2H3/p+1. The Hall–Kier alpha value is 0.0900. The van der Waals surface area contributed by atoms with Gasteiger partial charge in [-0.05, 0) is 6.54 Å². The minimum atomic E-state index is -4.06. The third-order valence-electron chi connectivity index (χ3n) is 1.60. The molecule has 0 aliphatic heterocycles. The summed E-state index contributed by atoms with van der Waals surface area (Å²) in [4.78, 5) is 8.52. The molecule has 2 unspecified atom stereocenters. The molecule has 0 saturated heterocycles. The molecule has 0 aromatic rings. The fourth-order valence-electron chi connectivity index (χ4n) is 0.905. The molecule has 0 aromatic heterocycles. The largest absolute Gasteiger partial charge is 0.698 e. The normalized spacial score (nSPS) is 17.3. The monoisotopic (exact) mass is 262 g/mol. The predicted molar refractivity (Wildman–Crippen MR) is 51.2 cm³/mol. The van der Waals surface area contributed by atoms with Gasteiger partial charge in [0.05, 0.1) is 0 Å². The molecule has 10 heteroatoms. The van der Waals surface area contributed by atoms with E-state index in [1.54, 1.807) is 0 Å². The van der Waals surface area contributed by atoms with Crippen LogP contribution < -0.4 is 5.73 Å². The maximum absolute atomic E-state index is 11.8. The van der Waals surface area contributed by atoms with E-state index in [0.29, 0.717) is 0 Å². The highest BCUT2D eigenvalue weighted by Crippen LogP contribution is 2.61. The summed E-state index contributed by atoms with van der Waals surface area (Å²) in [5.74, 6) is 0. The molecule has 0 saturated carbocycles. The zero-order chi connectivity index (χ0) is 12.1. The van der Waals surface area contributed by atoms with Crippen LogP contribution in [0.3, 0.4) is 0 Å². The Labute approximate surface area is 87.8 Å². The molecule has 8 nitrogen and oxygen atoms in total. The molecule has 0 fully saturated rings. The second-order valence-corrected chi connectivity index (χ2v) is 5.56. The van der Waals surface area contributed by atoms with Crippen LogP contribution in [0.1, 0.15) is 6.42 Å². The third-order valence-corrected chi connectivity index (χ3v) is 4.34. The van der Waals surface area contributed by atoms with E-state index in [9.17, 15) is 14.2 Å². The lowest BCUT2D eigenvalue weighted by Crippen LogP contribution is -2.34. The summed E-state index contributed by atoms with van der Waals surface area (Å²) in [6.45, 7) is -0.129. The smallest absolute Gasteiger partial charge is 0.353 e.